The van der Waals surface area contributed by atoms with E-state index in [-0.39, 0.29) is 4.90 Å². The number of hydrogen-bond acceptors (Lipinski definition) is 6. The highest BCUT2D eigenvalue weighted by Gasteiger charge is 2.29. The Bertz CT molecular complexity index is 710. The molecule has 0 spiro atoms. The lowest BCUT2D eigenvalue weighted by atomic mass is 10.2. The van der Waals surface area contributed by atoms with E-state index in [9.17, 15) is 13.5 Å². The van der Waals surface area contributed by atoms with Crippen LogP contribution in [0.1, 0.15) is 11.9 Å². The Morgan fingerprint density at radius 3 is 2.61 bits per heavy atom. The van der Waals surface area contributed by atoms with Gasteiger partial charge in [-0.3, -0.25) is 9.88 Å². The van der Waals surface area contributed by atoms with Gasteiger partial charge in [0.25, 0.3) is 0 Å². The Morgan fingerprint density at radius 1 is 1.22 bits per heavy atom. The summed E-state index contributed by atoms with van der Waals surface area (Å²) < 4.78 is 31.7. The van der Waals surface area contributed by atoms with Gasteiger partial charge in [0.1, 0.15) is 16.8 Å². The van der Waals surface area contributed by atoms with Crippen LogP contribution in [-0.4, -0.2) is 60.4 Å². The number of aliphatic hydroxyl groups is 1. The molecule has 0 unspecified atom stereocenters. The number of rotatable bonds is 5. The first kappa shape index (κ1) is 16.1. The van der Waals surface area contributed by atoms with Crippen molar-refractivity contribution < 1.29 is 17.9 Å². The zero-order chi connectivity index (χ0) is 16.3. The standard InChI is InChI=1S/C15H19N3O4S/c19-14(15-4-2-10-22-15)12-17-6-8-18(9-7-17)23(20,21)13-3-1-5-16-11-13/h1-5,10-11,14,19H,6-9,12H2/t14-/m1/s1. The Balaban J connectivity index is 1.58. The number of pyridine rings is 1. The number of sulfonamides is 1. The van der Waals surface area contributed by atoms with Crippen LogP contribution in [0.5, 0.6) is 0 Å². The number of nitrogens with zero attached hydrogens (tertiary/aromatic N) is 3. The molecule has 1 aliphatic heterocycles. The topological polar surface area (TPSA) is 86.9 Å². The molecule has 8 heteroatoms. The fourth-order valence-electron chi connectivity index (χ4n) is 2.62. The highest BCUT2D eigenvalue weighted by Crippen LogP contribution is 2.19. The molecule has 1 fully saturated rings. The predicted molar refractivity (Wildman–Crippen MR) is 83.1 cm³/mol. The Morgan fingerprint density at radius 2 is 2.00 bits per heavy atom. The third kappa shape index (κ3) is 3.61. The van der Waals surface area contributed by atoms with E-state index in [0.717, 1.165) is 0 Å². The monoisotopic (exact) mass is 337 g/mol. The van der Waals surface area contributed by atoms with Gasteiger partial charge in [0.2, 0.25) is 10.0 Å². The van der Waals surface area contributed by atoms with E-state index in [1.165, 1.54) is 16.8 Å². The number of piperazine rings is 1. The Labute approximate surface area is 135 Å². The van der Waals surface area contributed by atoms with Gasteiger partial charge in [-0.05, 0) is 24.3 Å². The molecule has 3 heterocycles. The van der Waals surface area contributed by atoms with Crippen molar-refractivity contribution in [1.82, 2.24) is 14.2 Å². The minimum Gasteiger partial charge on any atom is -0.467 e. The van der Waals surface area contributed by atoms with Crippen LogP contribution in [0.4, 0.5) is 0 Å². The number of aromatic nitrogens is 1. The van der Waals surface area contributed by atoms with E-state index in [1.807, 2.05) is 4.90 Å². The van der Waals surface area contributed by atoms with Crippen molar-refractivity contribution in [1.29, 1.82) is 0 Å². The minimum absolute atomic E-state index is 0.212. The van der Waals surface area contributed by atoms with Gasteiger partial charge in [0.15, 0.2) is 0 Å². The van der Waals surface area contributed by atoms with E-state index in [2.05, 4.69) is 4.98 Å². The Kier molecular flexibility index (Phi) is 4.76. The molecule has 0 amide bonds. The van der Waals surface area contributed by atoms with E-state index in [4.69, 9.17) is 4.42 Å². The molecule has 2 aromatic heterocycles. The van der Waals surface area contributed by atoms with E-state index >= 15 is 0 Å². The van der Waals surface area contributed by atoms with Gasteiger partial charge in [-0.1, -0.05) is 0 Å². The zero-order valence-corrected chi connectivity index (χ0v) is 13.4. The Hall–Kier alpha value is -1.74. The molecule has 23 heavy (non-hydrogen) atoms. The van der Waals surface area contributed by atoms with Crippen LogP contribution in [0, 0.1) is 0 Å². The molecule has 1 aliphatic rings. The first-order valence-corrected chi connectivity index (χ1v) is 8.85. The van der Waals surface area contributed by atoms with Crippen molar-refractivity contribution in [3.05, 3.63) is 48.7 Å². The molecule has 124 valence electrons. The van der Waals surface area contributed by atoms with Gasteiger partial charge in [0.05, 0.1) is 6.26 Å². The smallest absolute Gasteiger partial charge is 0.244 e. The summed E-state index contributed by atoms with van der Waals surface area (Å²) >= 11 is 0. The average Bonchev–Trinajstić information content (AvgIpc) is 3.11. The van der Waals surface area contributed by atoms with E-state index in [0.29, 0.717) is 38.5 Å². The summed E-state index contributed by atoms with van der Waals surface area (Å²) in [5.74, 6) is 0.524. The second-order valence-electron chi connectivity index (χ2n) is 5.42. The van der Waals surface area contributed by atoms with Gasteiger partial charge in [-0.15, -0.1) is 0 Å². The highest BCUT2D eigenvalue weighted by atomic mass is 32.2. The SMILES string of the molecule is O=S(=O)(c1cccnc1)N1CCN(C[C@@H](O)c2ccco2)CC1. The first-order valence-electron chi connectivity index (χ1n) is 7.41. The van der Waals surface area contributed by atoms with Gasteiger partial charge < -0.3 is 9.52 Å². The van der Waals surface area contributed by atoms with Gasteiger partial charge >= 0.3 is 0 Å². The minimum atomic E-state index is -3.49. The lowest BCUT2D eigenvalue weighted by Crippen LogP contribution is -2.49. The largest absolute Gasteiger partial charge is 0.467 e. The molecule has 3 rings (SSSR count). The van der Waals surface area contributed by atoms with Gasteiger partial charge in [-0.25, -0.2) is 8.42 Å². The van der Waals surface area contributed by atoms with Crippen molar-refractivity contribution in [3.63, 3.8) is 0 Å². The van der Waals surface area contributed by atoms with Crippen LogP contribution in [0.15, 0.2) is 52.2 Å². The maximum absolute atomic E-state index is 12.5. The summed E-state index contributed by atoms with van der Waals surface area (Å²) in [5.41, 5.74) is 0. The first-order chi connectivity index (χ1) is 11.1. The van der Waals surface area contributed by atoms with Crippen LogP contribution >= 0.6 is 0 Å². The van der Waals surface area contributed by atoms with Crippen molar-refractivity contribution in [2.75, 3.05) is 32.7 Å². The molecule has 7 nitrogen and oxygen atoms in total. The maximum Gasteiger partial charge on any atom is 0.244 e. The molecule has 0 radical (unpaired) electrons. The van der Waals surface area contributed by atoms with Crippen LogP contribution in [0.25, 0.3) is 0 Å². The van der Waals surface area contributed by atoms with Crippen LogP contribution in [0.3, 0.4) is 0 Å². The van der Waals surface area contributed by atoms with Crippen LogP contribution in [0.2, 0.25) is 0 Å². The lowest BCUT2D eigenvalue weighted by molar-refractivity contribution is 0.0776. The van der Waals surface area contributed by atoms with Crippen LogP contribution in [-0.2, 0) is 10.0 Å². The average molecular weight is 337 g/mol. The molecule has 1 atom stereocenters. The van der Waals surface area contributed by atoms with Gasteiger partial charge in [-0.2, -0.15) is 4.31 Å². The molecular weight excluding hydrogens is 318 g/mol. The summed E-state index contributed by atoms with van der Waals surface area (Å²) in [6.45, 7) is 2.34. The van der Waals surface area contributed by atoms with Crippen molar-refractivity contribution in [2.45, 2.75) is 11.0 Å². The predicted octanol–water partition coefficient (Wildman–Crippen LogP) is 0.714. The summed E-state index contributed by atoms with van der Waals surface area (Å²) in [6.07, 6.45) is 3.73. The number of hydrogen-bond donors (Lipinski definition) is 1. The number of aliphatic hydroxyl groups excluding tert-OH is 1. The van der Waals surface area contributed by atoms with Crippen LogP contribution < -0.4 is 0 Å². The van der Waals surface area contributed by atoms with Crippen molar-refractivity contribution >= 4 is 10.0 Å². The van der Waals surface area contributed by atoms with E-state index in [1.54, 1.807) is 30.5 Å². The fraction of sp³-hybridized carbons (Fsp3) is 0.400. The van der Waals surface area contributed by atoms with Crippen molar-refractivity contribution in [2.24, 2.45) is 0 Å². The second kappa shape index (κ2) is 6.79. The summed E-state index contributed by atoms with van der Waals surface area (Å²) in [4.78, 5) is 6.11. The number of furan rings is 1. The fourth-order valence-corrected chi connectivity index (χ4v) is 4.00. The lowest BCUT2D eigenvalue weighted by Gasteiger charge is -2.34. The molecule has 0 bridgehead atoms. The van der Waals surface area contributed by atoms with Crippen molar-refractivity contribution in [3.8, 4) is 0 Å². The molecule has 0 aromatic carbocycles. The van der Waals surface area contributed by atoms with Gasteiger partial charge in [0, 0.05) is 45.1 Å². The molecule has 1 N–H and O–H groups in total. The maximum atomic E-state index is 12.5. The molecule has 2 aromatic rings. The quantitative estimate of drug-likeness (QED) is 0.865. The third-order valence-corrected chi connectivity index (χ3v) is 5.79. The molecular formula is C15H19N3O4S. The zero-order valence-electron chi connectivity index (χ0n) is 12.6. The summed E-state index contributed by atoms with van der Waals surface area (Å²) in [5, 5.41) is 10.1. The number of β-amino-alcohol motifs (C(OH)–C–C–N with tert-alkyl or cyclic N) is 1. The highest BCUT2D eigenvalue weighted by molar-refractivity contribution is 7.89. The summed E-state index contributed by atoms with van der Waals surface area (Å²) in [6, 6.07) is 6.63. The normalized spacial score (nSPS) is 18.8. The third-order valence-electron chi connectivity index (χ3n) is 3.91. The van der Waals surface area contributed by atoms with E-state index < -0.39 is 16.1 Å². The summed E-state index contributed by atoms with van der Waals surface area (Å²) in [7, 11) is -3.49. The second-order valence-corrected chi connectivity index (χ2v) is 7.36. The molecule has 0 saturated carbocycles. The molecule has 0 aliphatic carbocycles. The molecule has 1 saturated heterocycles.